The van der Waals surface area contributed by atoms with E-state index in [-0.39, 0.29) is 17.9 Å². The summed E-state index contributed by atoms with van der Waals surface area (Å²) in [7, 11) is -3.58. The highest BCUT2D eigenvalue weighted by Gasteiger charge is 2.36. The van der Waals surface area contributed by atoms with Gasteiger partial charge in [-0.05, 0) is 48.1 Å². The molecule has 2 aromatic carbocycles. The van der Waals surface area contributed by atoms with Crippen LogP contribution in [-0.4, -0.2) is 33.2 Å². The fraction of sp³-hybridized carbons (Fsp3) is 0.409. The van der Waals surface area contributed by atoms with E-state index in [0.717, 1.165) is 28.6 Å². The lowest BCUT2D eigenvalue weighted by atomic mass is 9.86. The molecule has 7 heteroatoms. The third-order valence-corrected chi connectivity index (χ3v) is 6.26. The van der Waals surface area contributed by atoms with Crippen molar-refractivity contribution in [1.29, 1.82) is 0 Å². The first-order valence-electron chi connectivity index (χ1n) is 9.54. The van der Waals surface area contributed by atoms with E-state index < -0.39 is 16.1 Å². The minimum Gasteiger partial charge on any atom is -0.476 e. The number of ether oxygens (including phenoxy) is 1. The number of hydrogen-bond donors (Lipinski definition) is 1. The van der Waals surface area contributed by atoms with Crippen molar-refractivity contribution in [2.24, 2.45) is 0 Å². The van der Waals surface area contributed by atoms with Crippen molar-refractivity contribution in [3.05, 3.63) is 53.1 Å². The van der Waals surface area contributed by atoms with E-state index in [9.17, 15) is 13.2 Å². The highest BCUT2D eigenvalue weighted by molar-refractivity contribution is 7.92. The van der Waals surface area contributed by atoms with Gasteiger partial charge in [0.25, 0.3) is 5.91 Å². The average molecular weight is 417 g/mol. The summed E-state index contributed by atoms with van der Waals surface area (Å²) in [5, 5.41) is 2.90. The van der Waals surface area contributed by atoms with E-state index in [1.807, 2.05) is 44.2 Å². The molecule has 0 bridgehead atoms. The Labute approximate surface area is 172 Å². The van der Waals surface area contributed by atoms with E-state index >= 15 is 0 Å². The van der Waals surface area contributed by atoms with E-state index in [4.69, 9.17) is 4.74 Å². The largest absolute Gasteiger partial charge is 0.476 e. The van der Waals surface area contributed by atoms with Crippen LogP contribution in [0.3, 0.4) is 0 Å². The first kappa shape index (κ1) is 21.2. The molecule has 0 saturated heterocycles. The van der Waals surface area contributed by atoms with Crippen LogP contribution < -0.4 is 14.4 Å². The monoisotopic (exact) mass is 416 g/mol. The number of nitrogens with zero attached hydrogens (tertiary/aromatic N) is 1. The van der Waals surface area contributed by atoms with E-state index in [2.05, 4.69) is 26.1 Å². The normalized spacial score (nSPS) is 16.8. The number of anilines is 2. The van der Waals surface area contributed by atoms with Crippen LogP contribution in [0.5, 0.6) is 5.75 Å². The first-order valence-corrected chi connectivity index (χ1v) is 11.4. The molecule has 0 aliphatic carbocycles. The lowest BCUT2D eigenvalue weighted by Gasteiger charge is -2.35. The second-order valence-corrected chi connectivity index (χ2v) is 10.5. The van der Waals surface area contributed by atoms with Crippen LogP contribution in [0, 0.1) is 13.8 Å². The Morgan fingerprint density at radius 3 is 2.31 bits per heavy atom. The summed E-state index contributed by atoms with van der Waals surface area (Å²) in [4.78, 5) is 12.9. The van der Waals surface area contributed by atoms with Crippen LogP contribution in [-0.2, 0) is 20.2 Å². The zero-order chi connectivity index (χ0) is 21.6. The predicted octanol–water partition coefficient (Wildman–Crippen LogP) is 3.77. The molecule has 1 amide bonds. The highest BCUT2D eigenvalue weighted by Crippen LogP contribution is 2.38. The standard InChI is InChI=1S/C22H28N2O4S/c1-14-8-7-9-15(2)20(14)23-21(25)19-13-24(29(6,26)27)17-12-16(22(3,4)5)10-11-18(17)28-19/h7-12,19H,13H2,1-6H3,(H,23,25)/t19-/m1/s1. The van der Waals surface area contributed by atoms with Gasteiger partial charge in [0.05, 0.1) is 18.5 Å². The molecule has 1 aliphatic heterocycles. The molecule has 2 aromatic rings. The maximum atomic E-state index is 12.9. The zero-order valence-electron chi connectivity index (χ0n) is 17.7. The molecular weight excluding hydrogens is 388 g/mol. The van der Waals surface area contributed by atoms with Gasteiger partial charge in [-0.25, -0.2) is 8.42 Å². The van der Waals surface area contributed by atoms with Crippen molar-refractivity contribution in [3.63, 3.8) is 0 Å². The molecule has 0 aromatic heterocycles. The minimum atomic E-state index is -3.58. The predicted molar refractivity (Wildman–Crippen MR) is 116 cm³/mol. The Balaban J connectivity index is 1.96. The summed E-state index contributed by atoms with van der Waals surface area (Å²) in [5.74, 6) is 0.0120. The van der Waals surface area contributed by atoms with Gasteiger partial charge in [-0.1, -0.05) is 45.0 Å². The molecular formula is C22H28N2O4S. The Bertz CT molecular complexity index is 1030. The summed E-state index contributed by atoms with van der Waals surface area (Å²) >= 11 is 0. The lowest BCUT2D eigenvalue weighted by molar-refractivity contribution is -0.122. The van der Waals surface area contributed by atoms with Crippen LogP contribution in [0.4, 0.5) is 11.4 Å². The lowest BCUT2D eigenvalue weighted by Crippen LogP contribution is -2.48. The number of nitrogens with one attached hydrogen (secondary N) is 1. The Kier molecular flexibility index (Phi) is 5.38. The molecule has 3 rings (SSSR count). The molecule has 6 nitrogen and oxygen atoms in total. The third kappa shape index (κ3) is 4.40. The third-order valence-electron chi connectivity index (χ3n) is 5.12. The summed E-state index contributed by atoms with van der Waals surface area (Å²) in [5.41, 5.74) is 3.91. The first-order chi connectivity index (χ1) is 13.4. The van der Waals surface area contributed by atoms with Crippen molar-refractivity contribution in [3.8, 4) is 5.75 Å². The molecule has 1 atom stereocenters. The molecule has 156 valence electrons. The van der Waals surface area contributed by atoms with Gasteiger partial charge in [0.1, 0.15) is 5.75 Å². The van der Waals surface area contributed by atoms with E-state index in [0.29, 0.717) is 11.4 Å². The summed E-state index contributed by atoms with van der Waals surface area (Å²) in [6.07, 6.45) is 0.198. The molecule has 1 aliphatic rings. The van der Waals surface area contributed by atoms with Gasteiger partial charge in [-0.2, -0.15) is 0 Å². The zero-order valence-corrected chi connectivity index (χ0v) is 18.6. The van der Waals surface area contributed by atoms with E-state index in [1.165, 1.54) is 4.31 Å². The highest BCUT2D eigenvalue weighted by atomic mass is 32.2. The molecule has 0 radical (unpaired) electrons. The number of hydrogen-bond acceptors (Lipinski definition) is 4. The number of benzene rings is 2. The topological polar surface area (TPSA) is 75.7 Å². The maximum absolute atomic E-state index is 12.9. The fourth-order valence-electron chi connectivity index (χ4n) is 3.38. The number of aryl methyl sites for hydroxylation is 2. The van der Waals surface area contributed by atoms with Crippen LogP contribution in [0.1, 0.15) is 37.5 Å². The van der Waals surface area contributed by atoms with Gasteiger partial charge in [0, 0.05) is 5.69 Å². The van der Waals surface area contributed by atoms with E-state index in [1.54, 1.807) is 6.07 Å². The second-order valence-electron chi connectivity index (χ2n) is 8.59. The molecule has 0 unspecified atom stereocenters. The maximum Gasteiger partial charge on any atom is 0.267 e. The van der Waals surface area contributed by atoms with Gasteiger partial charge in [0.15, 0.2) is 6.10 Å². The fourth-order valence-corrected chi connectivity index (χ4v) is 4.29. The van der Waals surface area contributed by atoms with Crippen LogP contribution in [0.2, 0.25) is 0 Å². The quantitative estimate of drug-likeness (QED) is 0.826. The van der Waals surface area contributed by atoms with Crippen molar-refractivity contribution in [2.75, 3.05) is 22.4 Å². The smallest absolute Gasteiger partial charge is 0.267 e. The molecule has 0 fully saturated rings. The number of sulfonamides is 1. The minimum absolute atomic E-state index is 0.0732. The van der Waals surface area contributed by atoms with Crippen LogP contribution >= 0.6 is 0 Å². The van der Waals surface area contributed by atoms with Gasteiger partial charge < -0.3 is 10.1 Å². The second kappa shape index (κ2) is 7.37. The number of carbonyl (C=O) groups is 1. The average Bonchev–Trinajstić information content (AvgIpc) is 2.61. The number of amides is 1. The number of fused-ring (bicyclic) bond motifs is 1. The van der Waals surface area contributed by atoms with Gasteiger partial charge in [-0.3, -0.25) is 9.10 Å². The van der Waals surface area contributed by atoms with Crippen molar-refractivity contribution in [1.82, 2.24) is 0 Å². The molecule has 1 heterocycles. The molecule has 0 saturated carbocycles. The Hall–Kier alpha value is -2.54. The summed E-state index contributed by atoms with van der Waals surface area (Å²) in [6, 6.07) is 11.2. The van der Waals surface area contributed by atoms with Gasteiger partial charge in [0.2, 0.25) is 10.0 Å². The van der Waals surface area contributed by atoms with Gasteiger partial charge >= 0.3 is 0 Å². The van der Waals surface area contributed by atoms with Gasteiger partial charge in [-0.15, -0.1) is 0 Å². The van der Waals surface area contributed by atoms with Crippen LogP contribution in [0.25, 0.3) is 0 Å². The van der Waals surface area contributed by atoms with Crippen LogP contribution in [0.15, 0.2) is 36.4 Å². The summed E-state index contributed by atoms with van der Waals surface area (Å²) < 4.78 is 32.1. The number of para-hydroxylation sites is 1. The van der Waals surface area contributed by atoms with Crippen molar-refractivity contribution < 1.29 is 17.9 Å². The molecule has 0 spiro atoms. The number of carbonyl (C=O) groups excluding carboxylic acids is 1. The Morgan fingerprint density at radius 2 is 1.76 bits per heavy atom. The Morgan fingerprint density at radius 1 is 1.14 bits per heavy atom. The SMILES string of the molecule is Cc1cccc(C)c1NC(=O)[C@H]1CN(S(C)(=O)=O)c2cc(C(C)(C)C)ccc2O1. The molecule has 29 heavy (non-hydrogen) atoms. The van der Waals surface area contributed by atoms with Crippen molar-refractivity contribution in [2.45, 2.75) is 46.1 Å². The number of rotatable bonds is 3. The summed E-state index contributed by atoms with van der Waals surface area (Å²) in [6.45, 7) is 9.93. The van der Waals surface area contributed by atoms with Crippen molar-refractivity contribution >= 4 is 27.3 Å². The molecule has 1 N–H and O–H groups in total.